The standard InChI is InChI=1S/C15H17F3O2/c16-15(17,18)13-5-1-12(2-6-13)10-20-14-7-3-11(9-19)4-8-14/h1-2,5-6,9,11,14H,3-4,7-8,10H2/t11-,14-. The van der Waals surface area contributed by atoms with Crippen LogP contribution in [-0.2, 0) is 22.3 Å². The van der Waals surface area contributed by atoms with E-state index in [1.165, 1.54) is 12.1 Å². The molecule has 1 aromatic carbocycles. The van der Waals surface area contributed by atoms with Crippen molar-refractivity contribution in [2.45, 2.75) is 44.6 Å². The molecule has 1 aromatic rings. The molecule has 5 heteroatoms. The highest BCUT2D eigenvalue weighted by Crippen LogP contribution is 2.29. The molecule has 1 aliphatic carbocycles. The lowest BCUT2D eigenvalue weighted by molar-refractivity contribution is -0.137. The van der Waals surface area contributed by atoms with E-state index in [0.717, 1.165) is 49.7 Å². The van der Waals surface area contributed by atoms with E-state index in [-0.39, 0.29) is 12.0 Å². The van der Waals surface area contributed by atoms with E-state index in [1.807, 2.05) is 0 Å². The van der Waals surface area contributed by atoms with Gasteiger partial charge in [0.05, 0.1) is 18.3 Å². The Morgan fingerprint density at radius 2 is 1.70 bits per heavy atom. The maximum absolute atomic E-state index is 12.4. The van der Waals surface area contributed by atoms with Crippen molar-refractivity contribution in [2.75, 3.05) is 0 Å². The van der Waals surface area contributed by atoms with Crippen molar-refractivity contribution in [3.8, 4) is 0 Å². The predicted octanol–water partition coefficient (Wildman–Crippen LogP) is 3.98. The lowest BCUT2D eigenvalue weighted by Gasteiger charge is -2.25. The Balaban J connectivity index is 1.81. The zero-order valence-electron chi connectivity index (χ0n) is 11.0. The largest absolute Gasteiger partial charge is 0.416 e. The maximum Gasteiger partial charge on any atom is 0.416 e. The number of benzene rings is 1. The molecule has 0 atom stereocenters. The van der Waals surface area contributed by atoms with Crippen LogP contribution in [0, 0.1) is 5.92 Å². The third kappa shape index (κ3) is 4.07. The summed E-state index contributed by atoms with van der Waals surface area (Å²) in [6, 6.07) is 5.03. The van der Waals surface area contributed by atoms with E-state index in [4.69, 9.17) is 4.74 Å². The number of carbonyl (C=O) groups is 1. The van der Waals surface area contributed by atoms with Gasteiger partial charge >= 0.3 is 6.18 Å². The SMILES string of the molecule is O=C[C@H]1CC[C@H](OCc2ccc(C(F)(F)F)cc2)CC1. The van der Waals surface area contributed by atoms with Crippen LogP contribution in [0.2, 0.25) is 0 Å². The Bertz CT molecular complexity index is 431. The summed E-state index contributed by atoms with van der Waals surface area (Å²) >= 11 is 0. The average Bonchev–Trinajstić information content (AvgIpc) is 2.45. The molecule has 0 aromatic heterocycles. The van der Waals surface area contributed by atoms with Crippen molar-refractivity contribution in [3.63, 3.8) is 0 Å². The van der Waals surface area contributed by atoms with E-state index in [2.05, 4.69) is 0 Å². The van der Waals surface area contributed by atoms with Crippen LogP contribution in [-0.4, -0.2) is 12.4 Å². The van der Waals surface area contributed by atoms with Gasteiger partial charge in [-0.25, -0.2) is 0 Å². The zero-order valence-corrected chi connectivity index (χ0v) is 11.0. The Hall–Kier alpha value is -1.36. The van der Waals surface area contributed by atoms with Gasteiger partial charge in [-0.3, -0.25) is 0 Å². The summed E-state index contributed by atoms with van der Waals surface area (Å²) in [5.74, 6) is 0.140. The highest BCUT2D eigenvalue weighted by molar-refractivity contribution is 5.53. The number of hydrogen-bond acceptors (Lipinski definition) is 2. The minimum Gasteiger partial charge on any atom is -0.374 e. The normalized spacial score (nSPS) is 23.6. The number of hydrogen-bond donors (Lipinski definition) is 0. The molecular formula is C15H17F3O2. The molecule has 1 fully saturated rings. The van der Waals surface area contributed by atoms with Crippen molar-refractivity contribution in [1.29, 1.82) is 0 Å². The van der Waals surface area contributed by atoms with Crippen molar-refractivity contribution in [1.82, 2.24) is 0 Å². The smallest absolute Gasteiger partial charge is 0.374 e. The van der Waals surface area contributed by atoms with Gasteiger partial charge in [0.2, 0.25) is 0 Å². The van der Waals surface area contributed by atoms with Crippen LogP contribution in [0.25, 0.3) is 0 Å². The van der Waals surface area contributed by atoms with Crippen molar-refractivity contribution < 1.29 is 22.7 Å². The van der Waals surface area contributed by atoms with Crippen molar-refractivity contribution in [2.24, 2.45) is 5.92 Å². The molecule has 0 N–H and O–H groups in total. The van der Waals surface area contributed by atoms with Crippen LogP contribution in [0.3, 0.4) is 0 Å². The molecule has 0 bridgehead atoms. The van der Waals surface area contributed by atoms with Gasteiger partial charge in [0.15, 0.2) is 0 Å². The fraction of sp³-hybridized carbons (Fsp3) is 0.533. The number of alkyl halides is 3. The number of ether oxygens (including phenoxy) is 1. The average molecular weight is 286 g/mol. The molecule has 0 spiro atoms. The minimum absolute atomic E-state index is 0.105. The Labute approximate surface area is 115 Å². The Kier molecular flexibility index (Phi) is 4.81. The number of carbonyl (C=O) groups excluding carboxylic acids is 1. The predicted molar refractivity (Wildman–Crippen MR) is 68.0 cm³/mol. The van der Waals surface area contributed by atoms with Gasteiger partial charge in [-0.1, -0.05) is 12.1 Å². The highest BCUT2D eigenvalue weighted by atomic mass is 19.4. The van der Waals surface area contributed by atoms with Crippen molar-refractivity contribution >= 4 is 6.29 Å². The van der Waals surface area contributed by atoms with Gasteiger partial charge in [-0.05, 0) is 43.4 Å². The summed E-state index contributed by atoms with van der Waals surface area (Å²) in [4.78, 5) is 10.6. The van der Waals surface area contributed by atoms with Crippen LogP contribution in [0.4, 0.5) is 13.2 Å². The topological polar surface area (TPSA) is 26.3 Å². The van der Waals surface area contributed by atoms with Gasteiger partial charge in [-0.15, -0.1) is 0 Å². The van der Waals surface area contributed by atoms with Gasteiger partial charge in [-0.2, -0.15) is 13.2 Å². The molecule has 0 saturated heterocycles. The number of halogens is 3. The molecule has 0 amide bonds. The molecule has 1 saturated carbocycles. The fourth-order valence-corrected chi connectivity index (χ4v) is 2.40. The Morgan fingerprint density at radius 1 is 1.10 bits per heavy atom. The second-order valence-corrected chi connectivity index (χ2v) is 5.18. The fourth-order valence-electron chi connectivity index (χ4n) is 2.40. The van der Waals surface area contributed by atoms with E-state index < -0.39 is 11.7 Å². The summed E-state index contributed by atoms with van der Waals surface area (Å²) in [7, 11) is 0. The molecule has 110 valence electrons. The minimum atomic E-state index is -4.30. The number of aldehydes is 1. The van der Waals surface area contributed by atoms with E-state index >= 15 is 0 Å². The lowest BCUT2D eigenvalue weighted by atomic mass is 9.88. The van der Waals surface area contributed by atoms with Gasteiger partial charge in [0, 0.05) is 5.92 Å². The van der Waals surface area contributed by atoms with E-state index in [0.29, 0.717) is 6.61 Å². The van der Waals surface area contributed by atoms with Crippen LogP contribution in [0.15, 0.2) is 24.3 Å². The third-order valence-electron chi connectivity index (χ3n) is 3.68. The molecule has 0 radical (unpaired) electrons. The Morgan fingerprint density at radius 3 is 2.20 bits per heavy atom. The lowest BCUT2D eigenvalue weighted by Crippen LogP contribution is -2.22. The first-order valence-electron chi connectivity index (χ1n) is 6.72. The first-order chi connectivity index (χ1) is 9.49. The van der Waals surface area contributed by atoms with Gasteiger partial charge < -0.3 is 9.53 Å². The van der Waals surface area contributed by atoms with Crippen molar-refractivity contribution in [3.05, 3.63) is 35.4 Å². The van der Waals surface area contributed by atoms with Crippen LogP contribution in [0.1, 0.15) is 36.8 Å². The monoisotopic (exact) mass is 286 g/mol. The first kappa shape index (κ1) is 15.0. The second kappa shape index (κ2) is 6.39. The quantitative estimate of drug-likeness (QED) is 0.783. The maximum atomic E-state index is 12.4. The molecule has 2 nitrogen and oxygen atoms in total. The molecule has 0 aliphatic heterocycles. The van der Waals surface area contributed by atoms with Crippen LogP contribution >= 0.6 is 0 Å². The molecule has 2 rings (SSSR count). The van der Waals surface area contributed by atoms with Crippen LogP contribution in [0.5, 0.6) is 0 Å². The summed E-state index contributed by atoms with van der Waals surface area (Å²) in [6.45, 7) is 0.314. The van der Waals surface area contributed by atoms with E-state index in [1.54, 1.807) is 0 Å². The summed E-state index contributed by atoms with van der Waals surface area (Å²) in [5, 5.41) is 0. The third-order valence-corrected chi connectivity index (χ3v) is 3.68. The van der Waals surface area contributed by atoms with Gasteiger partial charge in [0.25, 0.3) is 0 Å². The summed E-state index contributed by atoms with van der Waals surface area (Å²) in [6.07, 6.45) is 0.142. The summed E-state index contributed by atoms with van der Waals surface area (Å²) in [5.41, 5.74) is 0.0863. The number of rotatable bonds is 4. The first-order valence-corrected chi connectivity index (χ1v) is 6.72. The summed E-state index contributed by atoms with van der Waals surface area (Å²) < 4.78 is 42.9. The zero-order chi connectivity index (χ0) is 14.6. The molecular weight excluding hydrogens is 269 g/mol. The highest BCUT2D eigenvalue weighted by Gasteiger charge is 2.30. The second-order valence-electron chi connectivity index (χ2n) is 5.18. The van der Waals surface area contributed by atoms with E-state index in [9.17, 15) is 18.0 Å². The molecule has 0 heterocycles. The molecule has 20 heavy (non-hydrogen) atoms. The van der Waals surface area contributed by atoms with Crippen LogP contribution < -0.4 is 0 Å². The van der Waals surface area contributed by atoms with Gasteiger partial charge in [0.1, 0.15) is 6.29 Å². The molecule has 1 aliphatic rings. The molecule has 0 unspecified atom stereocenters.